The van der Waals surface area contributed by atoms with Gasteiger partial charge in [-0.3, -0.25) is 9.59 Å². The first-order chi connectivity index (χ1) is 15.5. The molecule has 0 unspecified atom stereocenters. The zero-order chi connectivity index (χ0) is 22.9. The predicted molar refractivity (Wildman–Crippen MR) is 119 cm³/mol. The molecule has 1 aliphatic heterocycles. The number of benzene rings is 2. The highest BCUT2D eigenvalue weighted by Gasteiger charge is 2.27. The van der Waals surface area contributed by atoms with Gasteiger partial charge in [0.05, 0.1) is 13.3 Å². The number of piperidine rings is 1. The molecule has 2 aromatic carbocycles. The second-order valence-corrected chi connectivity index (χ2v) is 7.32. The van der Waals surface area contributed by atoms with E-state index in [2.05, 4.69) is 17.1 Å². The number of hydrogen-bond acceptors (Lipinski definition) is 5. The number of methoxy groups -OCH3 is 1. The summed E-state index contributed by atoms with van der Waals surface area (Å²) in [7, 11) is 1.55. The molecule has 0 aromatic heterocycles. The van der Waals surface area contributed by atoms with Crippen LogP contribution in [0.3, 0.4) is 0 Å². The third-order valence-electron chi connectivity index (χ3n) is 5.18. The molecule has 0 atom stereocenters. The molecule has 1 N–H and O–H groups in total. The van der Waals surface area contributed by atoms with Crippen molar-refractivity contribution in [3.63, 3.8) is 0 Å². The lowest BCUT2D eigenvalue weighted by Crippen LogP contribution is -2.42. The number of amides is 2. The van der Waals surface area contributed by atoms with Crippen molar-refractivity contribution in [2.45, 2.75) is 12.8 Å². The van der Waals surface area contributed by atoms with Crippen LogP contribution in [0, 0.1) is 11.7 Å². The largest absolute Gasteiger partial charge is 0.493 e. The van der Waals surface area contributed by atoms with Gasteiger partial charge in [-0.15, -0.1) is 0 Å². The molecule has 8 heteroatoms. The molecule has 0 saturated carbocycles. The number of likely N-dealkylation sites (tertiary alicyclic amines) is 1. The molecule has 0 bridgehead atoms. The van der Waals surface area contributed by atoms with Crippen LogP contribution in [-0.2, 0) is 4.79 Å². The summed E-state index contributed by atoms with van der Waals surface area (Å²) in [5.41, 5.74) is 3.75. The van der Waals surface area contributed by atoms with Gasteiger partial charge in [-0.1, -0.05) is 12.7 Å². The van der Waals surface area contributed by atoms with E-state index in [0.717, 1.165) is 5.56 Å². The molecular weight excluding hydrogens is 413 g/mol. The smallest absolute Gasteiger partial charge is 0.253 e. The number of carbonyl (C=O) groups excluding carboxylic acids is 2. The van der Waals surface area contributed by atoms with Gasteiger partial charge in [0.2, 0.25) is 5.91 Å². The number of nitrogens with one attached hydrogen (secondary N) is 1. The highest BCUT2D eigenvalue weighted by Crippen LogP contribution is 2.27. The van der Waals surface area contributed by atoms with Gasteiger partial charge >= 0.3 is 0 Å². The van der Waals surface area contributed by atoms with Gasteiger partial charge in [-0.05, 0) is 60.9 Å². The van der Waals surface area contributed by atoms with Crippen molar-refractivity contribution in [1.82, 2.24) is 10.3 Å². The Balaban J connectivity index is 1.49. The van der Waals surface area contributed by atoms with E-state index in [1.807, 2.05) is 0 Å². The fraction of sp³-hybridized carbons (Fsp3) is 0.292. The minimum atomic E-state index is -0.382. The first kappa shape index (κ1) is 23.0. The van der Waals surface area contributed by atoms with E-state index in [0.29, 0.717) is 49.6 Å². The Hall–Kier alpha value is -3.68. The van der Waals surface area contributed by atoms with Crippen LogP contribution < -0.4 is 14.9 Å². The Morgan fingerprint density at radius 1 is 1.19 bits per heavy atom. The van der Waals surface area contributed by atoms with Crippen molar-refractivity contribution < 1.29 is 23.5 Å². The average molecular weight is 439 g/mol. The van der Waals surface area contributed by atoms with Crippen LogP contribution in [0.2, 0.25) is 0 Å². The number of carbonyl (C=O) groups is 2. The van der Waals surface area contributed by atoms with Crippen molar-refractivity contribution in [3.8, 4) is 11.5 Å². The summed E-state index contributed by atoms with van der Waals surface area (Å²) in [5.74, 6) is 0.196. The molecule has 0 aliphatic carbocycles. The summed E-state index contributed by atoms with van der Waals surface area (Å²) < 4.78 is 23.9. The number of nitrogens with zero attached hydrogens (tertiary/aromatic N) is 2. The van der Waals surface area contributed by atoms with Gasteiger partial charge in [0.1, 0.15) is 12.4 Å². The predicted octanol–water partition coefficient (Wildman–Crippen LogP) is 3.40. The molecule has 1 saturated heterocycles. The van der Waals surface area contributed by atoms with Gasteiger partial charge < -0.3 is 14.4 Å². The summed E-state index contributed by atoms with van der Waals surface area (Å²) in [5, 5.41) is 4.04. The molecule has 3 rings (SSSR count). The summed E-state index contributed by atoms with van der Waals surface area (Å²) >= 11 is 0. The van der Waals surface area contributed by atoms with Crippen LogP contribution >= 0.6 is 0 Å². The summed E-state index contributed by atoms with van der Waals surface area (Å²) in [4.78, 5) is 26.6. The highest BCUT2D eigenvalue weighted by atomic mass is 19.1. The maximum absolute atomic E-state index is 13.0. The van der Waals surface area contributed by atoms with E-state index in [1.54, 1.807) is 36.3 Å². The minimum absolute atomic E-state index is 0.156. The van der Waals surface area contributed by atoms with Crippen molar-refractivity contribution in [1.29, 1.82) is 0 Å². The molecule has 1 fully saturated rings. The van der Waals surface area contributed by atoms with Crippen molar-refractivity contribution in [2.75, 3.05) is 26.8 Å². The first-order valence-electron chi connectivity index (χ1n) is 10.3. The normalized spacial score (nSPS) is 14.2. The maximum Gasteiger partial charge on any atom is 0.253 e. The molecule has 168 valence electrons. The lowest BCUT2D eigenvalue weighted by molar-refractivity contribution is -0.126. The van der Waals surface area contributed by atoms with Gasteiger partial charge in [0, 0.05) is 24.6 Å². The monoisotopic (exact) mass is 439 g/mol. The van der Waals surface area contributed by atoms with Crippen LogP contribution in [0.1, 0.15) is 28.8 Å². The highest BCUT2D eigenvalue weighted by molar-refractivity contribution is 5.94. The van der Waals surface area contributed by atoms with E-state index < -0.39 is 0 Å². The lowest BCUT2D eigenvalue weighted by Gasteiger charge is -2.31. The van der Waals surface area contributed by atoms with Crippen molar-refractivity contribution >= 4 is 18.0 Å². The quantitative estimate of drug-likeness (QED) is 0.388. The summed E-state index contributed by atoms with van der Waals surface area (Å²) in [6, 6.07) is 10.8. The fourth-order valence-corrected chi connectivity index (χ4v) is 3.41. The topological polar surface area (TPSA) is 80.2 Å². The summed E-state index contributed by atoms with van der Waals surface area (Å²) in [6.45, 7) is 4.90. The minimum Gasteiger partial charge on any atom is -0.493 e. The van der Waals surface area contributed by atoms with Crippen LogP contribution in [0.15, 0.2) is 60.2 Å². The zero-order valence-electron chi connectivity index (χ0n) is 17.9. The second kappa shape index (κ2) is 11.1. The van der Waals surface area contributed by atoms with E-state index in [4.69, 9.17) is 9.47 Å². The molecule has 1 aliphatic rings. The van der Waals surface area contributed by atoms with Crippen molar-refractivity contribution in [3.05, 3.63) is 72.1 Å². The second-order valence-electron chi connectivity index (χ2n) is 7.32. The maximum atomic E-state index is 13.0. The molecule has 0 radical (unpaired) electrons. The number of halogens is 1. The van der Waals surface area contributed by atoms with E-state index in [9.17, 15) is 14.0 Å². The Morgan fingerprint density at radius 2 is 1.91 bits per heavy atom. The fourth-order valence-electron chi connectivity index (χ4n) is 3.41. The first-order valence-corrected chi connectivity index (χ1v) is 10.3. The van der Waals surface area contributed by atoms with Gasteiger partial charge in [-0.25, -0.2) is 9.82 Å². The molecule has 2 aromatic rings. The standard InChI is InChI=1S/C24H26FN3O4/c1-3-14-32-21-9-4-17(15-22(21)31-2)16-26-27-23(29)18-10-12-28(13-11-18)24(30)19-5-7-20(25)8-6-19/h3-9,15-16,18H,1,10-14H2,2H3,(H,27,29)/b26-16-. The van der Waals surface area contributed by atoms with E-state index in [1.165, 1.54) is 30.5 Å². The third-order valence-corrected chi connectivity index (χ3v) is 5.18. The van der Waals surface area contributed by atoms with Crippen molar-refractivity contribution in [2.24, 2.45) is 11.0 Å². The molecular formula is C24H26FN3O4. The lowest BCUT2D eigenvalue weighted by atomic mass is 9.95. The summed E-state index contributed by atoms with van der Waals surface area (Å²) in [6.07, 6.45) is 4.26. The van der Waals surface area contributed by atoms with Crippen LogP contribution in [0.5, 0.6) is 11.5 Å². The van der Waals surface area contributed by atoms with E-state index in [-0.39, 0.29) is 23.5 Å². The van der Waals surface area contributed by atoms with E-state index >= 15 is 0 Å². The molecule has 2 amide bonds. The van der Waals surface area contributed by atoms with Gasteiger partial charge in [0.25, 0.3) is 5.91 Å². The number of hydrogen-bond donors (Lipinski definition) is 1. The molecule has 7 nitrogen and oxygen atoms in total. The number of rotatable bonds is 8. The Morgan fingerprint density at radius 3 is 2.56 bits per heavy atom. The zero-order valence-corrected chi connectivity index (χ0v) is 17.9. The SMILES string of the molecule is C=CCOc1ccc(/C=N\NC(=O)C2CCN(C(=O)c3ccc(F)cc3)CC2)cc1OC. The molecule has 0 spiro atoms. The molecule has 32 heavy (non-hydrogen) atoms. The average Bonchev–Trinajstić information content (AvgIpc) is 2.83. The van der Waals surface area contributed by atoms with Crippen LogP contribution in [0.4, 0.5) is 4.39 Å². The third kappa shape index (κ3) is 5.94. The van der Waals surface area contributed by atoms with Crippen LogP contribution in [0.25, 0.3) is 0 Å². The van der Waals surface area contributed by atoms with Gasteiger partial charge in [0.15, 0.2) is 11.5 Å². The molecule has 1 heterocycles. The Bertz CT molecular complexity index is 983. The number of ether oxygens (including phenoxy) is 2. The Kier molecular flexibility index (Phi) is 7.96. The Labute approximate surface area is 186 Å². The van der Waals surface area contributed by atoms with Gasteiger partial charge in [-0.2, -0.15) is 5.10 Å². The van der Waals surface area contributed by atoms with Crippen LogP contribution in [-0.4, -0.2) is 49.7 Å². The number of hydrazone groups is 1.